The third-order valence-corrected chi connectivity index (χ3v) is 6.74. The standard InChI is InChI=1S/C27H24N6O6S/c1-14-10-21(22(37-3)13-23(14)40-39-38-28-2)32-33-24-17-7-5-4-6-15(17)11-18(25(24)34)26(35)29-16-8-9-19-20(12-16)31-27(36)30-19/h4-13,28,34H,1-3H3,(H,29,35)(H2,30,31,36). The van der Waals surface area contributed by atoms with Gasteiger partial charge in [-0.1, -0.05) is 24.3 Å². The number of hydrogen-bond acceptors (Lipinski definition) is 10. The molecule has 5 rings (SSSR count). The first-order valence-corrected chi connectivity index (χ1v) is 12.7. The summed E-state index contributed by atoms with van der Waals surface area (Å²) in [6.07, 6.45) is 0. The molecule has 13 heteroatoms. The minimum Gasteiger partial charge on any atom is -0.505 e. The van der Waals surface area contributed by atoms with Crippen molar-refractivity contribution in [3.63, 3.8) is 0 Å². The molecule has 0 bridgehead atoms. The number of methoxy groups -OCH3 is 1. The number of amides is 1. The van der Waals surface area contributed by atoms with Gasteiger partial charge in [0.25, 0.3) is 5.91 Å². The van der Waals surface area contributed by atoms with Crippen LogP contribution in [0, 0.1) is 6.92 Å². The summed E-state index contributed by atoms with van der Waals surface area (Å²) in [4.78, 5) is 35.6. The van der Waals surface area contributed by atoms with Gasteiger partial charge in [-0.3, -0.25) is 4.79 Å². The SMILES string of the molecule is CNOOSc1cc(OC)c(N=Nc2c(O)c(C(=O)Nc3ccc4[nH]c(=O)[nH]c4c3)cc3ccccc23)cc1C. The summed E-state index contributed by atoms with van der Waals surface area (Å²) in [5, 5.41) is 24.0. The fourth-order valence-electron chi connectivity index (χ4n) is 4.08. The average molecular weight is 561 g/mol. The number of ether oxygens (including phenoxy) is 1. The minimum absolute atomic E-state index is 0.00637. The molecule has 1 heterocycles. The van der Waals surface area contributed by atoms with Crippen LogP contribution < -0.4 is 21.2 Å². The Bertz CT molecular complexity index is 1820. The number of nitrogens with zero attached hydrogens (tertiary/aromatic N) is 2. The molecular weight excluding hydrogens is 536 g/mol. The summed E-state index contributed by atoms with van der Waals surface area (Å²) in [7, 11) is 3.07. The third-order valence-electron chi connectivity index (χ3n) is 5.99. The van der Waals surface area contributed by atoms with Gasteiger partial charge in [-0.15, -0.1) is 19.6 Å². The molecule has 0 aliphatic rings. The highest BCUT2D eigenvalue weighted by Crippen LogP contribution is 2.41. The van der Waals surface area contributed by atoms with Crippen molar-refractivity contribution in [1.82, 2.24) is 15.4 Å². The Labute approximate surface area is 231 Å². The molecule has 0 saturated heterocycles. The van der Waals surface area contributed by atoms with E-state index in [1.807, 2.05) is 19.1 Å². The van der Waals surface area contributed by atoms with E-state index in [4.69, 9.17) is 14.1 Å². The van der Waals surface area contributed by atoms with Crippen LogP contribution >= 0.6 is 12.0 Å². The number of rotatable bonds is 9. The number of aryl methyl sites for hydroxylation is 1. The Morgan fingerprint density at radius 1 is 1.02 bits per heavy atom. The van der Waals surface area contributed by atoms with Crippen LogP contribution in [0.2, 0.25) is 0 Å². The largest absolute Gasteiger partial charge is 0.505 e. The molecule has 0 aliphatic heterocycles. The number of aromatic amines is 2. The summed E-state index contributed by atoms with van der Waals surface area (Å²) in [5.74, 6) is -0.479. The molecule has 4 aromatic carbocycles. The number of nitrogens with one attached hydrogen (secondary N) is 4. The highest BCUT2D eigenvalue weighted by Gasteiger charge is 2.19. The minimum atomic E-state index is -0.560. The van der Waals surface area contributed by atoms with Crippen molar-refractivity contribution in [2.24, 2.45) is 10.2 Å². The molecule has 0 fully saturated rings. The summed E-state index contributed by atoms with van der Waals surface area (Å²) >= 11 is 0.996. The number of anilines is 1. The first-order chi connectivity index (χ1) is 19.4. The Balaban J connectivity index is 1.50. The van der Waals surface area contributed by atoms with Gasteiger partial charge >= 0.3 is 5.69 Å². The van der Waals surface area contributed by atoms with Crippen LogP contribution in [0.25, 0.3) is 21.8 Å². The van der Waals surface area contributed by atoms with E-state index in [0.29, 0.717) is 38.9 Å². The normalized spacial score (nSPS) is 11.5. The van der Waals surface area contributed by atoms with E-state index in [-0.39, 0.29) is 22.7 Å². The topological polar surface area (TPSA) is 162 Å². The second kappa shape index (κ2) is 11.6. The highest BCUT2D eigenvalue weighted by atomic mass is 32.2. The van der Waals surface area contributed by atoms with E-state index in [1.165, 1.54) is 7.11 Å². The Morgan fingerprint density at radius 2 is 1.82 bits per heavy atom. The maximum absolute atomic E-state index is 13.3. The van der Waals surface area contributed by atoms with Gasteiger partial charge in [0.05, 0.1) is 35.7 Å². The van der Waals surface area contributed by atoms with Gasteiger partial charge in [0.1, 0.15) is 17.1 Å². The van der Waals surface area contributed by atoms with Gasteiger partial charge in [0.2, 0.25) is 0 Å². The Morgan fingerprint density at radius 3 is 2.62 bits per heavy atom. The maximum atomic E-state index is 13.3. The smallest absolute Gasteiger partial charge is 0.323 e. The number of carbonyl (C=O) groups is 1. The number of carbonyl (C=O) groups excluding carboxylic acids is 1. The van der Waals surface area contributed by atoms with Crippen LogP contribution in [0.15, 0.2) is 80.6 Å². The number of imidazole rings is 1. The van der Waals surface area contributed by atoms with Crippen molar-refractivity contribution < 1.29 is 24.0 Å². The van der Waals surface area contributed by atoms with Crippen LogP contribution in [0.1, 0.15) is 15.9 Å². The number of phenolic OH excluding ortho intramolecular Hbond substituents is 1. The number of benzene rings is 4. The number of phenols is 1. The van der Waals surface area contributed by atoms with Gasteiger partial charge in [-0.05, 0) is 54.3 Å². The van der Waals surface area contributed by atoms with Crippen LogP contribution in [0.5, 0.6) is 11.5 Å². The lowest BCUT2D eigenvalue weighted by Crippen LogP contribution is -2.12. The van der Waals surface area contributed by atoms with E-state index in [1.54, 1.807) is 55.6 Å². The molecule has 0 atom stereocenters. The van der Waals surface area contributed by atoms with Crippen molar-refractivity contribution >= 4 is 56.8 Å². The summed E-state index contributed by atoms with van der Waals surface area (Å²) in [6, 6.07) is 17.2. The predicted octanol–water partition coefficient (Wildman–Crippen LogP) is 5.79. The van der Waals surface area contributed by atoms with E-state index < -0.39 is 5.91 Å². The molecule has 40 heavy (non-hydrogen) atoms. The first kappa shape index (κ1) is 26.9. The number of aromatic hydroxyl groups is 1. The van der Waals surface area contributed by atoms with E-state index in [0.717, 1.165) is 22.5 Å². The summed E-state index contributed by atoms with van der Waals surface area (Å²) in [6.45, 7) is 1.86. The van der Waals surface area contributed by atoms with Crippen LogP contribution in [-0.2, 0) is 9.32 Å². The Hall–Kier alpha value is -4.69. The maximum Gasteiger partial charge on any atom is 0.323 e. The van der Waals surface area contributed by atoms with Gasteiger partial charge in [0, 0.05) is 23.0 Å². The molecule has 0 radical (unpaired) electrons. The molecule has 5 N–H and O–H groups in total. The monoisotopic (exact) mass is 560 g/mol. The van der Waals surface area contributed by atoms with Crippen molar-refractivity contribution in [3.05, 3.63) is 82.3 Å². The average Bonchev–Trinajstić information content (AvgIpc) is 3.32. The number of hydrogen-bond donors (Lipinski definition) is 5. The van der Waals surface area contributed by atoms with Crippen molar-refractivity contribution in [2.45, 2.75) is 11.8 Å². The molecule has 0 aliphatic carbocycles. The molecule has 12 nitrogen and oxygen atoms in total. The molecule has 5 aromatic rings. The van der Waals surface area contributed by atoms with Crippen LogP contribution in [0.4, 0.5) is 17.1 Å². The number of H-pyrrole nitrogens is 2. The second-order valence-electron chi connectivity index (χ2n) is 8.56. The Kier molecular flexibility index (Phi) is 7.79. The fourth-order valence-corrected chi connectivity index (χ4v) is 4.60. The van der Waals surface area contributed by atoms with Crippen molar-refractivity contribution in [1.29, 1.82) is 0 Å². The number of aromatic nitrogens is 2. The van der Waals surface area contributed by atoms with Gasteiger partial charge in [0.15, 0.2) is 5.75 Å². The number of azo groups is 1. The predicted molar refractivity (Wildman–Crippen MR) is 151 cm³/mol. The molecule has 0 spiro atoms. The van der Waals surface area contributed by atoms with Gasteiger partial charge in [-0.25, -0.2) is 4.79 Å². The lowest BCUT2D eigenvalue weighted by atomic mass is 10.0. The van der Waals surface area contributed by atoms with Crippen molar-refractivity contribution in [3.8, 4) is 11.5 Å². The molecule has 0 unspecified atom stereocenters. The zero-order chi connectivity index (χ0) is 28.2. The van der Waals surface area contributed by atoms with Crippen LogP contribution in [0.3, 0.4) is 0 Å². The fraction of sp³-hybridized carbons (Fsp3) is 0.111. The van der Waals surface area contributed by atoms with Crippen LogP contribution in [-0.4, -0.2) is 35.1 Å². The quantitative estimate of drug-likeness (QED) is 0.0497. The molecular formula is C27H24N6O6S. The van der Waals surface area contributed by atoms with Crippen molar-refractivity contribution in [2.75, 3.05) is 19.5 Å². The van der Waals surface area contributed by atoms with E-state index in [2.05, 4.69) is 31.0 Å². The third kappa shape index (κ3) is 5.53. The van der Waals surface area contributed by atoms with E-state index in [9.17, 15) is 14.7 Å². The molecule has 1 amide bonds. The number of fused-ring (bicyclic) bond motifs is 2. The van der Waals surface area contributed by atoms with Gasteiger partial charge < -0.3 is 25.1 Å². The number of hydroxylamine groups is 1. The zero-order valence-corrected chi connectivity index (χ0v) is 22.4. The highest BCUT2D eigenvalue weighted by molar-refractivity contribution is 7.94. The first-order valence-electron chi connectivity index (χ1n) is 11.9. The summed E-state index contributed by atoms with van der Waals surface area (Å²) in [5.41, 5.74) is 5.00. The molecule has 1 aromatic heterocycles. The molecule has 0 saturated carbocycles. The second-order valence-corrected chi connectivity index (χ2v) is 9.31. The molecule has 204 valence electrons. The van der Waals surface area contributed by atoms with E-state index >= 15 is 0 Å². The zero-order valence-electron chi connectivity index (χ0n) is 21.6. The van der Waals surface area contributed by atoms with Gasteiger partial charge in [-0.2, -0.15) is 5.48 Å². The summed E-state index contributed by atoms with van der Waals surface area (Å²) < 4.78 is 10.5. The lowest BCUT2D eigenvalue weighted by Gasteiger charge is -2.12. The lowest BCUT2D eigenvalue weighted by molar-refractivity contribution is -0.237.